The zero-order chi connectivity index (χ0) is 23.4. The molecule has 0 saturated heterocycles. The number of thiophene rings is 1. The number of carbonyl (C=O) groups excluding carboxylic acids is 3. The fraction of sp³-hybridized carbons (Fsp3) is 0.375. The number of hydrogen-bond donors (Lipinski definition) is 1. The Morgan fingerprint density at radius 2 is 1.72 bits per heavy atom. The van der Waals surface area contributed by atoms with Gasteiger partial charge >= 0.3 is 11.9 Å². The van der Waals surface area contributed by atoms with Gasteiger partial charge in [-0.1, -0.05) is 13.0 Å². The summed E-state index contributed by atoms with van der Waals surface area (Å²) in [5, 5.41) is 5.64. The number of benzene rings is 1. The van der Waals surface area contributed by atoms with Crippen LogP contribution in [0.4, 0.5) is 5.00 Å². The topological polar surface area (TPSA) is 86.6 Å². The van der Waals surface area contributed by atoms with Gasteiger partial charge in [-0.05, 0) is 57.4 Å². The molecule has 0 aliphatic heterocycles. The molecule has 2 aromatic heterocycles. The standard InChI is InChI=1S/C24H28N2O5S/c1-6-15-10-11-18-16(12-15)14(5)20(26(18)7-2)21(27)25-22-19(24(29)31-9-4)17(13-32-22)23(28)30-8-3/h10-13H,6-9H2,1-5H3,(H,25,27). The first-order valence-corrected chi connectivity index (χ1v) is 11.6. The first-order chi connectivity index (χ1) is 15.4. The number of amides is 1. The average molecular weight is 457 g/mol. The smallest absolute Gasteiger partial charge is 0.342 e. The van der Waals surface area contributed by atoms with Crippen LogP contribution < -0.4 is 5.32 Å². The number of anilines is 1. The molecule has 7 nitrogen and oxygen atoms in total. The zero-order valence-electron chi connectivity index (χ0n) is 19.0. The van der Waals surface area contributed by atoms with E-state index < -0.39 is 11.9 Å². The molecule has 0 aliphatic rings. The van der Waals surface area contributed by atoms with Crippen LogP contribution in [0.15, 0.2) is 23.6 Å². The van der Waals surface area contributed by atoms with E-state index in [4.69, 9.17) is 9.47 Å². The van der Waals surface area contributed by atoms with Crippen molar-refractivity contribution >= 4 is 45.1 Å². The Morgan fingerprint density at radius 1 is 1.03 bits per heavy atom. The number of carbonyl (C=O) groups is 3. The van der Waals surface area contributed by atoms with E-state index in [1.165, 1.54) is 10.9 Å². The highest BCUT2D eigenvalue weighted by Crippen LogP contribution is 2.32. The molecule has 0 radical (unpaired) electrons. The van der Waals surface area contributed by atoms with Crippen LogP contribution in [0.25, 0.3) is 10.9 Å². The monoisotopic (exact) mass is 456 g/mol. The lowest BCUT2D eigenvalue weighted by molar-refractivity contribution is 0.0481. The summed E-state index contributed by atoms with van der Waals surface area (Å²) in [6.07, 6.45) is 0.906. The first-order valence-electron chi connectivity index (χ1n) is 10.8. The molecule has 170 valence electrons. The van der Waals surface area contributed by atoms with Gasteiger partial charge in [-0.2, -0.15) is 0 Å². The van der Waals surface area contributed by atoms with Crippen LogP contribution in [0.2, 0.25) is 0 Å². The van der Waals surface area contributed by atoms with Crippen LogP contribution in [0.3, 0.4) is 0 Å². The summed E-state index contributed by atoms with van der Waals surface area (Å²) in [5.74, 6) is -1.65. The molecule has 8 heteroatoms. The SMILES string of the molecule is CCOC(=O)c1csc(NC(=O)c2c(C)c3cc(CC)ccc3n2CC)c1C(=O)OCC. The second-order valence-corrected chi connectivity index (χ2v) is 8.05. The fourth-order valence-electron chi connectivity index (χ4n) is 3.79. The van der Waals surface area contributed by atoms with Gasteiger partial charge in [-0.15, -0.1) is 11.3 Å². The van der Waals surface area contributed by atoms with Crippen molar-refractivity contribution in [1.82, 2.24) is 4.57 Å². The van der Waals surface area contributed by atoms with Gasteiger partial charge in [0.2, 0.25) is 0 Å². The number of aryl methyl sites for hydroxylation is 3. The largest absolute Gasteiger partial charge is 0.462 e. The Kier molecular flexibility index (Phi) is 7.35. The maximum Gasteiger partial charge on any atom is 0.342 e. The van der Waals surface area contributed by atoms with E-state index in [1.807, 2.05) is 24.5 Å². The van der Waals surface area contributed by atoms with Crippen molar-refractivity contribution in [2.45, 2.75) is 47.6 Å². The highest BCUT2D eigenvalue weighted by molar-refractivity contribution is 7.15. The van der Waals surface area contributed by atoms with Gasteiger partial charge in [0.05, 0.1) is 18.8 Å². The van der Waals surface area contributed by atoms with Crippen molar-refractivity contribution in [2.24, 2.45) is 0 Å². The fourth-order valence-corrected chi connectivity index (χ4v) is 4.70. The number of fused-ring (bicyclic) bond motifs is 1. The number of aromatic nitrogens is 1. The van der Waals surface area contributed by atoms with Gasteiger partial charge in [0.1, 0.15) is 16.3 Å². The second kappa shape index (κ2) is 9.99. The molecule has 0 aliphatic carbocycles. The molecular formula is C24H28N2O5S. The molecule has 0 atom stereocenters. The van der Waals surface area contributed by atoms with Crippen LogP contribution in [-0.2, 0) is 22.4 Å². The Balaban J connectivity index is 2.05. The van der Waals surface area contributed by atoms with Gasteiger partial charge < -0.3 is 19.4 Å². The summed E-state index contributed by atoms with van der Waals surface area (Å²) in [6.45, 7) is 10.3. The molecule has 3 aromatic rings. The van der Waals surface area contributed by atoms with E-state index in [0.29, 0.717) is 12.2 Å². The zero-order valence-corrected chi connectivity index (χ0v) is 19.9. The number of ether oxygens (including phenoxy) is 2. The molecular weight excluding hydrogens is 428 g/mol. The Labute approximate surface area is 191 Å². The van der Waals surface area contributed by atoms with Crippen molar-refractivity contribution in [1.29, 1.82) is 0 Å². The van der Waals surface area contributed by atoms with Crippen molar-refractivity contribution in [3.8, 4) is 0 Å². The van der Waals surface area contributed by atoms with E-state index in [2.05, 4.69) is 24.4 Å². The summed E-state index contributed by atoms with van der Waals surface area (Å²) < 4.78 is 12.2. The normalized spacial score (nSPS) is 10.9. The Hall–Kier alpha value is -3.13. The molecule has 2 heterocycles. The van der Waals surface area contributed by atoms with Crippen LogP contribution >= 0.6 is 11.3 Å². The van der Waals surface area contributed by atoms with Gasteiger partial charge in [-0.25, -0.2) is 9.59 Å². The summed E-state index contributed by atoms with van der Waals surface area (Å²) >= 11 is 1.10. The minimum Gasteiger partial charge on any atom is -0.462 e. The minimum absolute atomic E-state index is 0.0220. The predicted octanol–water partition coefficient (Wildman–Crippen LogP) is 5.20. The van der Waals surface area contributed by atoms with Gasteiger partial charge in [0.15, 0.2) is 0 Å². The Bertz CT molecular complexity index is 1170. The van der Waals surface area contributed by atoms with Crippen molar-refractivity contribution in [2.75, 3.05) is 18.5 Å². The van der Waals surface area contributed by atoms with Crippen LogP contribution in [0.1, 0.15) is 70.0 Å². The number of rotatable bonds is 8. The van der Waals surface area contributed by atoms with Crippen molar-refractivity contribution in [3.05, 3.63) is 51.5 Å². The van der Waals surface area contributed by atoms with Crippen LogP contribution in [0, 0.1) is 6.92 Å². The van der Waals surface area contributed by atoms with Crippen LogP contribution in [0.5, 0.6) is 0 Å². The molecule has 1 amide bonds. The third kappa shape index (κ3) is 4.27. The number of nitrogens with zero attached hydrogens (tertiary/aromatic N) is 1. The molecule has 32 heavy (non-hydrogen) atoms. The number of hydrogen-bond acceptors (Lipinski definition) is 6. The first kappa shape index (κ1) is 23.5. The molecule has 0 fully saturated rings. The van der Waals surface area contributed by atoms with Gasteiger partial charge in [0.25, 0.3) is 5.91 Å². The summed E-state index contributed by atoms with van der Waals surface area (Å²) in [5.41, 5.74) is 3.69. The van der Waals surface area contributed by atoms with Gasteiger partial charge in [-0.3, -0.25) is 4.79 Å². The highest BCUT2D eigenvalue weighted by atomic mass is 32.1. The molecule has 1 N–H and O–H groups in total. The lowest BCUT2D eigenvalue weighted by Gasteiger charge is -2.11. The summed E-state index contributed by atoms with van der Waals surface area (Å²) in [7, 11) is 0. The van der Waals surface area contributed by atoms with Crippen molar-refractivity contribution < 1.29 is 23.9 Å². The quantitative estimate of drug-likeness (QED) is 0.471. The van der Waals surface area contributed by atoms with E-state index in [-0.39, 0.29) is 35.2 Å². The van der Waals surface area contributed by atoms with E-state index in [1.54, 1.807) is 13.8 Å². The third-order valence-electron chi connectivity index (χ3n) is 5.31. The summed E-state index contributed by atoms with van der Waals surface area (Å²) in [6, 6.07) is 6.22. The van der Waals surface area contributed by atoms with E-state index in [0.717, 1.165) is 34.2 Å². The van der Waals surface area contributed by atoms with E-state index >= 15 is 0 Å². The average Bonchev–Trinajstić information content (AvgIpc) is 3.32. The molecule has 1 aromatic carbocycles. The van der Waals surface area contributed by atoms with Crippen LogP contribution in [-0.4, -0.2) is 35.6 Å². The Morgan fingerprint density at radius 3 is 2.34 bits per heavy atom. The lowest BCUT2D eigenvalue weighted by Crippen LogP contribution is -2.20. The van der Waals surface area contributed by atoms with Crippen molar-refractivity contribution in [3.63, 3.8) is 0 Å². The lowest BCUT2D eigenvalue weighted by atomic mass is 10.1. The predicted molar refractivity (Wildman–Crippen MR) is 126 cm³/mol. The number of nitrogens with one attached hydrogen (secondary N) is 1. The minimum atomic E-state index is -0.674. The summed E-state index contributed by atoms with van der Waals surface area (Å²) in [4.78, 5) is 38.3. The third-order valence-corrected chi connectivity index (χ3v) is 6.21. The molecule has 3 rings (SSSR count). The number of esters is 2. The maximum absolute atomic E-state index is 13.4. The second-order valence-electron chi connectivity index (χ2n) is 7.17. The maximum atomic E-state index is 13.4. The molecule has 0 unspecified atom stereocenters. The van der Waals surface area contributed by atoms with Gasteiger partial charge in [0, 0.05) is 22.8 Å². The molecule has 0 spiro atoms. The van der Waals surface area contributed by atoms with E-state index in [9.17, 15) is 14.4 Å². The molecule has 0 bridgehead atoms. The highest BCUT2D eigenvalue weighted by Gasteiger charge is 2.28. The molecule has 0 saturated carbocycles.